The molecule has 1 saturated carbocycles. The lowest BCUT2D eigenvalue weighted by atomic mass is 9.81. The monoisotopic (exact) mass is 342 g/mol. The summed E-state index contributed by atoms with van der Waals surface area (Å²) in [7, 11) is 1.87. The van der Waals surface area contributed by atoms with Crippen LogP contribution in [0.5, 0.6) is 0 Å². The van der Waals surface area contributed by atoms with Gasteiger partial charge in [-0.15, -0.1) is 0 Å². The number of amides is 2. The molecule has 4 rings (SSSR count). The highest BCUT2D eigenvalue weighted by Crippen LogP contribution is 2.48. The van der Waals surface area contributed by atoms with Crippen molar-refractivity contribution >= 4 is 28.6 Å². The van der Waals surface area contributed by atoms with Gasteiger partial charge in [-0.3, -0.25) is 9.48 Å². The van der Waals surface area contributed by atoms with E-state index in [4.69, 9.17) is 0 Å². The predicted octanol–water partition coefficient (Wildman–Crippen LogP) is 2.60. The van der Waals surface area contributed by atoms with Crippen molar-refractivity contribution in [2.75, 3.05) is 18.4 Å². The molecule has 0 bridgehead atoms. The minimum Gasteiger partial charge on any atom is -0.481 e. The first-order valence-electron chi connectivity index (χ1n) is 8.63. The zero-order valence-corrected chi connectivity index (χ0v) is 14.5. The van der Waals surface area contributed by atoms with E-state index in [9.17, 15) is 14.7 Å². The average Bonchev–Trinajstić information content (AvgIpc) is 3.19. The lowest BCUT2D eigenvalue weighted by Crippen LogP contribution is -2.38. The van der Waals surface area contributed by atoms with E-state index in [1.807, 2.05) is 32.2 Å². The first kappa shape index (κ1) is 15.9. The third-order valence-electron chi connectivity index (χ3n) is 5.87. The summed E-state index contributed by atoms with van der Waals surface area (Å²) in [5.41, 5.74) is 1.85. The van der Waals surface area contributed by atoms with Crippen molar-refractivity contribution in [3.63, 3.8) is 0 Å². The predicted molar refractivity (Wildman–Crippen MR) is 93.5 cm³/mol. The molecular weight excluding hydrogens is 320 g/mol. The molecule has 0 unspecified atom stereocenters. The largest absolute Gasteiger partial charge is 0.481 e. The Hall–Kier alpha value is -2.57. The molecule has 1 aliphatic heterocycles. The van der Waals surface area contributed by atoms with E-state index in [1.165, 1.54) is 0 Å². The number of hydrogen-bond donors (Lipinski definition) is 2. The maximum atomic E-state index is 12.6. The molecular formula is C18H22N4O3. The Morgan fingerprint density at radius 3 is 2.92 bits per heavy atom. The zero-order valence-electron chi connectivity index (χ0n) is 14.5. The maximum absolute atomic E-state index is 12.6. The number of aromatic nitrogens is 2. The second kappa shape index (κ2) is 5.47. The van der Waals surface area contributed by atoms with Crippen molar-refractivity contribution in [1.29, 1.82) is 0 Å². The Morgan fingerprint density at radius 2 is 2.20 bits per heavy atom. The Balaban J connectivity index is 1.53. The number of carbonyl (C=O) groups is 2. The highest BCUT2D eigenvalue weighted by Gasteiger charge is 2.55. The van der Waals surface area contributed by atoms with Gasteiger partial charge >= 0.3 is 12.0 Å². The Kier molecular flexibility index (Phi) is 3.49. The van der Waals surface area contributed by atoms with Gasteiger partial charge < -0.3 is 15.3 Å². The maximum Gasteiger partial charge on any atom is 0.321 e. The number of carboxylic acids is 1. The number of nitrogens with one attached hydrogen (secondary N) is 1. The average molecular weight is 342 g/mol. The number of carbonyl (C=O) groups excluding carboxylic acids is 1. The number of anilines is 1. The second-order valence-corrected chi connectivity index (χ2v) is 7.30. The molecule has 2 atom stereocenters. The van der Waals surface area contributed by atoms with Crippen LogP contribution in [-0.4, -0.2) is 44.9 Å². The molecule has 0 spiro atoms. The smallest absolute Gasteiger partial charge is 0.321 e. The lowest BCUT2D eigenvalue weighted by Gasteiger charge is -2.23. The molecule has 2 aromatic rings. The summed E-state index contributed by atoms with van der Waals surface area (Å²) in [6.45, 7) is 2.77. The quantitative estimate of drug-likeness (QED) is 0.878. The topological polar surface area (TPSA) is 87.5 Å². The molecule has 1 aromatic carbocycles. The number of carboxylic acid groups (broad SMARTS) is 1. The van der Waals surface area contributed by atoms with Gasteiger partial charge in [0, 0.05) is 31.2 Å². The summed E-state index contributed by atoms with van der Waals surface area (Å²) in [6.07, 6.45) is 2.48. The molecule has 2 amide bonds. The van der Waals surface area contributed by atoms with Crippen molar-refractivity contribution < 1.29 is 14.7 Å². The molecule has 1 aliphatic carbocycles. The van der Waals surface area contributed by atoms with E-state index in [-0.39, 0.29) is 11.9 Å². The van der Waals surface area contributed by atoms with Crippen LogP contribution in [-0.2, 0) is 11.8 Å². The van der Waals surface area contributed by atoms with Crippen LogP contribution < -0.4 is 5.32 Å². The fourth-order valence-electron chi connectivity index (χ4n) is 4.51. The van der Waals surface area contributed by atoms with E-state index in [0.29, 0.717) is 25.2 Å². The zero-order chi connectivity index (χ0) is 17.8. The van der Waals surface area contributed by atoms with Gasteiger partial charge in [-0.05, 0) is 43.9 Å². The van der Waals surface area contributed by atoms with E-state index in [1.54, 1.807) is 9.58 Å². The van der Waals surface area contributed by atoms with Crippen molar-refractivity contribution in [3.05, 3.63) is 23.9 Å². The number of hydrogen-bond acceptors (Lipinski definition) is 3. The van der Waals surface area contributed by atoms with Crippen LogP contribution >= 0.6 is 0 Å². The molecule has 132 valence electrons. The summed E-state index contributed by atoms with van der Waals surface area (Å²) < 4.78 is 1.79. The van der Waals surface area contributed by atoms with Gasteiger partial charge in [0.25, 0.3) is 0 Å². The molecule has 2 aliphatic rings. The summed E-state index contributed by atoms with van der Waals surface area (Å²) in [5.74, 6) is -0.699. The highest BCUT2D eigenvalue weighted by atomic mass is 16.4. The van der Waals surface area contributed by atoms with E-state index >= 15 is 0 Å². The van der Waals surface area contributed by atoms with Gasteiger partial charge in [0.05, 0.1) is 16.6 Å². The van der Waals surface area contributed by atoms with Crippen LogP contribution in [0.1, 0.15) is 25.0 Å². The molecule has 2 heterocycles. The van der Waals surface area contributed by atoms with Crippen molar-refractivity contribution in [3.8, 4) is 0 Å². The van der Waals surface area contributed by atoms with Crippen LogP contribution in [0.2, 0.25) is 0 Å². The minimum atomic E-state index is -0.767. The molecule has 7 heteroatoms. The number of urea groups is 1. The Bertz CT molecular complexity index is 875. The van der Waals surface area contributed by atoms with E-state index in [2.05, 4.69) is 10.4 Å². The van der Waals surface area contributed by atoms with Gasteiger partial charge in [0.2, 0.25) is 0 Å². The molecule has 25 heavy (non-hydrogen) atoms. The first-order chi connectivity index (χ1) is 11.9. The van der Waals surface area contributed by atoms with Crippen LogP contribution in [0, 0.1) is 18.3 Å². The number of fused-ring (bicyclic) bond motifs is 2. The van der Waals surface area contributed by atoms with Crippen LogP contribution in [0.4, 0.5) is 10.5 Å². The van der Waals surface area contributed by atoms with Crippen LogP contribution in [0.3, 0.4) is 0 Å². The number of likely N-dealkylation sites (tertiary alicyclic amines) is 1. The molecule has 1 aromatic heterocycles. The molecule has 0 radical (unpaired) electrons. The van der Waals surface area contributed by atoms with Gasteiger partial charge in [-0.25, -0.2) is 4.79 Å². The highest BCUT2D eigenvalue weighted by molar-refractivity contribution is 5.94. The number of aryl methyl sites for hydroxylation is 2. The van der Waals surface area contributed by atoms with E-state index in [0.717, 1.165) is 29.4 Å². The standard InChI is InChI=1S/C18H22N4O3/c1-11-14-6-5-13(8-15(14)21(2)20-11)19-17(25)22-9-12-4-3-7-18(12,10-22)16(23)24/h5-6,8,12H,3-4,7,9-10H2,1-2H3,(H,19,25)(H,23,24)/t12-,18+/m0/s1. The van der Waals surface area contributed by atoms with Crippen molar-refractivity contribution in [2.45, 2.75) is 26.2 Å². The number of rotatable bonds is 2. The third-order valence-corrected chi connectivity index (χ3v) is 5.87. The van der Waals surface area contributed by atoms with Gasteiger partial charge in [-0.2, -0.15) is 5.10 Å². The first-order valence-corrected chi connectivity index (χ1v) is 8.63. The minimum absolute atomic E-state index is 0.0675. The second-order valence-electron chi connectivity index (χ2n) is 7.30. The normalized spacial score (nSPS) is 25.4. The van der Waals surface area contributed by atoms with Gasteiger partial charge in [0.1, 0.15) is 0 Å². The number of aliphatic carboxylic acids is 1. The molecule has 7 nitrogen and oxygen atoms in total. The van der Waals surface area contributed by atoms with Gasteiger partial charge in [-0.1, -0.05) is 6.42 Å². The number of benzene rings is 1. The lowest BCUT2D eigenvalue weighted by molar-refractivity contribution is -0.149. The van der Waals surface area contributed by atoms with E-state index < -0.39 is 11.4 Å². The van der Waals surface area contributed by atoms with Crippen LogP contribution in [0.15, 0.2) is 18.2 Å². The summed E-state index contributed by atoms with van der Waals surface area (Å²) in [4.78, 5) is 26.0. The summed E-state index contributed by atoms with van der Waals surface area (Å²) in [5, 5.41) is 18.0. The Labute approximate surface area is 145 Å². The fourth-order valence-corrected chi connectivity index (χ4v) is 4.51. The van der Waals surface area contributed by atoms with Crippen molar-refractivity contribution in [1.82, 2.24) is 14.7 Å². The molecule has 2 N–H and O–H groups in total. The molecule has 2 fully saturated rings. The number of nitrogens with zero attached hydrogens (tertiary/aromatic N) is 3. The molecule has 1 saturated heterocycles. The SMILES string of the molecule is Cc1nn(C)c2cc(NC(=O)N3C[C@@H]4CCC[C@@]4(C(=O)O)C3)ccc12. The Morgan fingerprint density at radius 1 is 1.40 bits per heavy atom. The third kappa shape index (κ3) is 2.37. The summed E-state index contributed by atoms with van der Waals surface area (Å²) >= 11 is 0. The van der Waals surface area contributed by atoms with Crippen molar-refractivity contribution in [2.24, 2.45) is 18.4 Å². The van der Waals surface area contributed by atoms with Crippen LogP contribution in [0.25, 0.3) is 10.9 Å². The summed E-state index contributed by atoms with van der Waals surface area (Å²) in [6, 6.07) is 5.48. The fraction of sp³-hybridized carbons (Fsp3) is 0.500. The van der Waals surface area contributed by atoms with Gasteiger partial charge in [0.15, 0.2) is 0 Å².